The van der Waals surface area contributed by atoms with Crippen LogP contribution in [0, 0.1) is 5.92 Å². The summed E-state index contributed by atoms with van der Waals surface area (Å²) in [4.78, 5) is 26.5. The first kappa shape index (κ1) is 20.1. The van der Waals surface area contributed by atoms with Gasteiger partial charge in [0.15, 0.2) is 0 Å². The monoisotopic (exact) mass is 412 g/mol. The quantitative estimate of drug-likeness (QED) is 0.726. The van der Waals surface area contributed by atoms with Gasteiger partial charge >= 0.3 is 0 Å². The Hall–Kier alpha value is -2.14. The molecule has 1 amide bonds. The average molecular weight is 413 g/mol. The summed E-state index contributed by atoms with van der Waals surface area (Å²) in [7, 11) is 3.91. The van der Waals surface area contributed by atoms with E-state index in [4.69, 9.17) is 16.6 Å². The van der Waals surface area contributed by atoms with Crippen LogP contribution in [0.1, 0.15) is 50.1 Å². The van der Waals surface area contributed by atoms with E-state index in [-0.39, 0.29) is 11.8 Å². The van der Waals surface area contributed by atoms with E-state index in [1.807, 2.05) is 49.5 Å². The van der Waals surface area contributed by atoms with Crippen molar-refractivity contribution in [3.05, 3.63) is 41.2 Å². The van der Waals surface area contributed by atoms with Gasteiger partial charge in [-0.25, -0.2) is 9.97 Å². The molecule has 0 spiro atoms. The molecule has 1 saturated carbocycles. The third-order valence-corrected chi connectivity index (χ3v) is 6.40. The lowest BCUT2D eigenvalue weighted by Crippen LogP contribution is -2.42. The summed E-state index contributed by atoms with van der Waals surface area (Å²) in [5.74, 6) is 1.48. The third-order valence-electron chi connectivity index (χ3n) is 6.17. The van der Waals surface area contributed by atoms with Crippen LogP contribution < -0.4 is 4.90 Å². The molecule has 1 aliphatic heterocycles. The maximum absolute atomic E-state index is 13.0. The summed E-state index contributed by atoms with van der Waals surface area (Å²) in [5, 5.41) is 0.701. The topological polar surface area (TPSA) is 49.3 Å². The van der Waals surface area contributed by atoms with Gasteiger partial charge in [0.25, 0.3) is 0 Å². The Bertz CT molecular complexity index is 879. The lowest BCUT2D eigenvalue weighted by Gasteiger charge is -2.35. The minimum atomic E-state index is 0.213. The molecule has 0 radical (unpaired) electrons. The number of hydrogen-bond acceptors (Lipinski definition) is 4. The third kappa shape index (κ3) is 4.40. The van der Waals surface area contributed by atoms with Crippen LogP contribution in [0.2, 0.25) is 5.02 Å². The molecule has 2 fully saturated rings. The number of amides is 1. The Morgan fingerprint density at radius 2 is 1.97 bits per heavy atom. The number of hydrogen-bond donors (Lipinski definition) is 0. The van der Waals surface area contributed by atoms with Crippen molar-refractivity contribution in [2.24, 2.45) is 5.92 Å². The standard InChI is InChI=1S/C23H29ClN4O/c1-27(2)23-25-14-20(17-9-5-11-19(24)13-17)21(26-23)18-10-6-12-28(15-18)22(29)16-7-3-4-8-16/h5,9,11,13-14,16,18H,3-4,6-8,10,12,15H2,1-2H3/t18-/m0/s1. The number of aromatic nitrogens is 2. The van der Waals surface area contributed by atoms with Crippen LogP contribution in [0.4, 0.5) is 5.95 Å². The first-order valence-corrected chi connectivity index (χ1v) is 11.0. The predicted octanol–water partition coefficient (Wildman–Crippen LogP) is 4.76. The molecule has 2 heterocycles. The van der Waals surface area contributed by atoms with Gasteiger partial charge < -0.3 is 9.80 Å². The molecule has 0 unspecified atom stereocenters. The molecule has 6 heteroatoms. The molecule has 5 nitrogen and oxygen atoms in total. The molecule has 2 aliphatic rings. The Balaban J connectivity index is 1.66. The first-order valence-electron chi connectivity index (χ1n) is 10.6. The first-order chi connectivity index (χ1) is 14.0. The molecule has 1 aromatic carbocycles. The molecule has 29 heavy (non-hydrogen) atoms. The minimum absolute atomic E-state index is 0.213. The fourth-order valence-corrected chi connectivity index (χ4v) is 4.81. The van der Waals surface area contributed by atoms with E-state index in [2.05, 4.69) is 9.88 Å². The number of nitrogens with zero attached hydrogens (tertiary/aromatic N) is 4. The van der Waals surface area contributed by atoms with Gasteiger partial charge in [0.05, 0.1) is 5.69 Å². The summed E-state index contributed by atoms with van der Waals surface area (Å²) in [6, 6.07) is 7.84. The van der Waals surface area contributed by atoms with E-state index in [0.29, 0.717) is 16.9 Å². The second-order valence-corrected chi connectivity index (χ2v) is 8.91. The van der Waals surface area contributed by atoms with Gasteiger partial charge in [-0.3, -0.25) is 4.79 Å². The van der Waals surface area contributed by atoms with Crippen molar-refractivity contribution in [3.63, 3.8) is 0 Å². The van der Waals surface area contributed by atoms with Crippen molar-refractivity contribution in [1.82, 2.24) is 14.9 Å². The molecular formula is C23H29ClN4O. The number of carbonyl (C=O) groups is 1. The number of anilines is 1. The highest BCUT2D eigenvalue weighted by Gasteiger charge is 2.32. The van der Waals surface area contributed by atoms with Crippen LogP contribution in [0.5, 0.6) is 0 Å². The molecule has 1 atom stereocenters. The van der Waals surface area contributed by atoms with E-state index >= 15 is 0 Å². The van der Waals surface area contributed by atoms with Crippen LogP contribution in [0.15, 0.2) is 30.5 Å². The maximum atomic E-state index is 13.0. The largest absolute Gasteiger partial charge is 0.347 e. The molecule has 1 saturated heterocycles. The molecule has 0 N–H and O–H groups in total. The summed E-state index contributed by atoms with van der Waals surface area (Å²) in [6.07, 6.45) is 8.42. The van der Waals surface area contributed by atoms with E-state index < -0.39 is 0 Å². The number of halogens is 1. The highest BCUT2D eigenvalue weighted by atomic mass is 35.5. The summed E-state index contributed by atoms with van der Waals surface area (Å²) in [5.41, 5.74) is 3.06. The lowest BCUT2D eigenvalue weighted by atomic mass is 9.89. The van der Waals surface area contributed by atoms with Gasteiger partial charge in [-0.05, 0) is 43.4 Å². The van der Waals surface area contributed by atoms with Gasteiger partial charge in [0.1, 0.15) is 0 Å². The van der Waals surface area contributed by atoms with Crippen molar-refractivity contribution in [1.29, 1.82) is 0 Å². The number of rotatable bonds is 4. The molecule has 2 aromatic rings. The fourth-order valence-electron chi connectivity index (χ4n) is 4.62. The van der Waals surface area contributed by atoms with Gasteiger partial charge in [0, 0.05) is 55.8 Å². The van der Waals surface area contributed by atoms with Crippen molar-refractivity contribution < 1.29 is 4.79 Å². The normalized spacial score (nSPS) is 20.1. The summed E-state index contributed by atoms with van der Waals surface area (Å²) < 4.78 is 0. The number of carbonyl (C=O) groups excluding carboxylic acids is 1. The number of likely N-dealkylation sites (tertiary alicyclic amines) is 1. The maximum Gasteiger partial charge on any atom is 0.225 e. The zero-order valence-corrected chi connectivity index (χ0v) is 18.0. The second-order valence-electron chi connectivity index (χ2n) is 8.48. The molecule has 4 rings (SSSR count). The summed E-state index contributed by atoms with van der Waals surface area (Å²) >= 11 is 6.25. The fraction of sp³-hybridized carbons (Fsp3) is 0.522. The molecular weight excluding hydrogens is 384 g/mol. The zero-order valence-electron chi connectivity index (χ0n) is 17.3. The number of benzene rings is 1. The smallest absolute Gasteiger partial charge is 0.225 e. The van der Waals surface area contributed by atoms with Crippen LogP contribution in [0.25, 0.3) is 11.1 Å². The van der Waals surface area contributed by atoms with Gasteiger partial charge in [-0.15, -0.1) is 0 Å². The SMILES string of the molecule is CN(C)c1ncc(-c2cccc(Cl)c2)c([C@H]2CCCN(C(=O)C3CCCC3)C2)n1. The lowest BCUT2D eigenvalue weighted by molar-refractivity contribution is -0.136. The Morgan fingerprint density at radius 3 is 2.69 bits per heavy atom. The van der Waals surface area contributed by atoms with Gasteiger partial charge in [-0.2, -0.15) is 0 Å². The van der Waals surface area contributed by atoms with Crippen molar-refractivity contribution in [2.75, 3.05) is 32.1 Å². The van der Waals surface area contributed by atoms with E-state index in [0.717, 1.165) is 55.6 Å². The average Bonchev–Trinajstić information content (AvgIpc) is 3.28. The van der Waals surface area contributed by atoms with Crippen LogP contribution in [-0.4, -0.2) is 48.0 Å². The van der Waals surface area contributed by atoms with Crippen molar-refractivity contribution in [3.8, 4) is 11.1 Å². The van der Waals surface area contributed by atoms with Crippen LogP contribution in [0.3, 0.4) is 0 Å². The highest BCUT2D eigenvalue weighted by molar-refractivity contribution is 6.30. The Labute approximate surface area is 178 Å². The molecule has 154 valence electrons. The second kappa shape index (κ2) is 8.70. The highest BCUT2D eigenvalue weighted by Crippen LogP contribution is 2.36. The predicted molar refractivity (Wildman–Crippen MR) is 117 cm³/mol. The van der Waals surface area contributed by atoms with E-state index in [1.165, 1.54) is 12.8 Å². The minimum Gasteiger partial charge on any atom is -0.347 e. The Morgan fingerprint density at radius 1 is 1.17 bits per heavy atom. The van der Waals surface area contributed by atoms with Crippen LogP contribution >= 0.6 is 11.6 Å². The zero-order chi connectivity index (χ0) is 20.4. The Kier molecular flexibility index (Phi) is 6.04. The molecule has 1 aliphatic carbocycles. The van der Waals surface area contributed by atoms with E-state index in [1.54, 1.807) is 0 Å². The molecule has 0 bridgehead atoms. The van der Waals surface area contributed by atoms with Gasteiger partial charge in [-0.1, -0.05) is 36.6 Å². The van der Waals surface area contributed by atoms with Gasteiger partial charge in [0.2, 0.25) is 11.9 Å². The molecule has 1 aromatic heterocycles. The van der Waals surface area contributed by atoms with Crippen molar-refractivity contribution >= 4 is 23.5 Å². The summed E-state index contributed by atoms with van der Waals surface area (Å²) in [6.45, 7) is 1.61. The number of piperidine rings is 1. The van der Waals surface area contributed by atoms with E-state index in [9.17, 15) is 4.79 Å². The van der Waals surface area contributed by atoms with Crippen molar-refractivity contribution in [2.45, 2.75) is 44.4 Å². The van der Waals surface area contributed by atoms with Crippen LogP contribution in [-0.2, 0) is 4.79 Å².